The highest BCUT2D eigenvalue weighted by Gasteiger charge is 2.45. The molecule has 4 heterocycles. The fraction of sp³-hybridized carbons (Fsp3) is 0.386. The summed E-state index contributed by atoms with van der Waals surface area (Å²) in [4.78, 5) is 67.0. The van der Waals surface area contributed by atoms with Gasteiger partial charge >= 0.3 is 17.3 Å². The Morgan fingerprint density at radius 3 is 1.75 bits per heavy atom. The number of nitrogens with one attached hydrogen (secondary N) is 3. The number of esters is 1. The number of carbonyl (C=O) groups excluding carboxylic acids is 1. The molecule has 2 saturated heterocycles. The van der Waals surface area contributed by atoms with Crippen LogP contribution < -0.4 is 37.1 Å². The van der Waals surface area contributed by atoms with E-state index in [4.69, 9.17) is 32.9 Å². The number of methoxy groups -OCH3 is 2. The van der Waals surface area contributed by atoms with E-state index in [-0.39, 0.29) is 37.2 Å². The van der Waals surface area contributed by atoms with Gasteiger partial charge in [-0.1, -0.05) is 54.6 Å². The summed E-state index contributed by atoms with van der Waals surface area (Å²) in [7, 11) is -0.641. The van der Waals surface area contributed by atoms with Crippen molar-refractivity contribution in [1.29, 1.82) is 0 Å². The van der Waals surface area contributed by atoms with E-state index in [1.807, 2.05) is 78.9 Å². The Morgan fingerprint density at radius 1 is 0.746 bits per heavy atom. The summed E-state index contributed by atoms with van der Waals surface area (Å²) in [6.45, 7) is 5.27. The normalized spacial score (nSPS) is 22.1. The van der Waals surface area contributed by atoms with E-state index in [1.165, 1.54) is 42.0 Å². The number of rotatable bonds is 16. The monoisotopic (exact) mass is 887 g/mol. The fourth-order valence-corrected chi connectivity index (χ4v) is 9.37. The standard InChI is InChI=1S/C44H50N5O13P/c1-26-22-48(42(53)45-40(26)51)38-20-34(47-63(6,55)59-25-37-35(60-28(3)50)21-39(62-37)49-23-27(2)41(52)46-43(49)54)36(61-38)24-58-44(29-10-8-7-9-11-29,30-12-16-32(56-4)17-13-30)31-14-18-33(57-5)19-15-31/h7-19,22-23,34-39H,20-21,24-25H2,1-6H3,(H,47,55)(H,45,51,53)(H,46,52,54)/t34-,35-,36+,37+,38+,39+,63?/m0/s1. The zero-order valence-electron chi connectivity index (χ0n) is 35.6. The highest BCUT2D eigenvalue weighted by atomic mass is 31.2. The number of hydrogen-bond acceptors (Lipinski definition) is 13. The second-order valence-electron chi connectivity index (χ2n) is 15.5. The predicted molar refractivity (Wildman–Crippen MR) is 229 cm³/mol. The molecule has 1 unspecified atom stereocenters. The van der Waals surface area contributed by atoms with Crippen molar-refractivity contribution in [1.82, 2.24) is 24.2 Å². The quantitative estimate of drug-likeness (QED) is 0.0724. The fourth-order valence-electron chi connectivity index (χ4n) is 7.99. The molecule has 0 spiro atoms. The zero-order valence-corrected chi connectivity index (χ0v) is 36.5. The first kappa shape index (κ1) is 45.2. The number of nitrogens with zero attached hydrogens (tertiary/aromatic N) is 2. The van der Waals surface area contributed by atoms with Crippen molar-refractivity contribution in [2.45, 2.75) is 76.0 Å². The molecule has 2 fully saturated rings. The Hall–Kier alpha value is -5.88. The first-order valence-corrected chi connectivity index (χ1v) is 22.3. The van der Waals surface area contributed by atoms with Crippen molar-refractivity contribution in [3.8, 4) is 11.5 Å². The largest absolute Gasteiger partial charge is 0.497 e. The summed E-state index contributed by atoms with van der Waals surface area (Å²) in [5, 5.41) is 3.13. The van der Waals surface area contributed by atoms with E-state index >= 15 is 0 Å². The van der Waals surface area contributed by atoms with Gasteiger partial charge < -0.3 is 32.9 Å². The lowest BCUT2D eigenvalue weighted by molar-refractivity contribution is -0.150. The maximum atomic E-state index is 14.5. The Morgan fingerprint density at radius 2 is 1.24 bits per heavy atom. The molecule has 0 radical (unpaired) electrons. The molecule has 3 N–H and O–H groups in total. The molecular weight excluding hydrogens is 837 g/mol. The molecule has 2 aliphatic rings. The molecule has 2 aromatic heterocycles. The molecule has 19 heteroatoms. The Kier molecular flexibility index (Phi) is 13.5. The van der Waals surface area contributed by atoms with Gasteiger partial charge in [0.25, 0.3) is 18.6 Å². The van der Waals surface area contributed by atoms with Crippen molar-refractivity contribution in [3.63, 3.8) is 0 Å². The van der Waals surface area contributed by atoms with Crippen LogP contribution in [0.5, 0.6) is 11.5 Å². The van der Waals surface area contributed by atoms with Gasteiger partial charge in [0.2, 0.25) is 0 Å². The third-order valence-electron chi connectivity index (χ3n) is 11.2. The van der Waals surface area contributed by atoms with Crippen LogP contribution in [0.15, 0.2) is 110 Å². The van der Waals surface area contributed by atoms with Gasteiger partial charge in [-0.05, 0) is 54.8 Å². The van der Waals surface area contributed by atoms with E-state index in [2.05, 4.69) is 15.1 Å². The first-order chi connectivity index (χ1) is 30.1. The molecule has 334 valence electrons. The van der Waals surface area contributed by atoms with Gasteiger partial charge in [0, 0.05) is 56.0 Å². The number of carbonyl (C=O) groups is 1. The predicted octanol–water partition coefficient (Wildman–Crippen LogP) is 4.03. The van der Waals surface area contributed by atoms with Crippen LogP contribution in [-0.2, 0) is 38.4 Å². The van der Waals surface area contributed by atoms with Crippen molar-refractivity contribution in [2.24, 2.45) is 0 Å². The van der Waals surface area contributed by atoms with Crippen LogP contribution >= 0.6 is 7.52 Å². The van der Waals surface area contributed by atoms with Gasteiger partial charge in [-0.3, -0.25) is 38.1 Å². The number of benzene rings is 3. The minimum atomic E-state index is -3.81. The third-order valence-corrected chi connectivity index (χ3v) is 12.6. The van der Waals surface area contributed by atoms with Crippen molar-refractivity contribution < 1.29 is 42.3 Å². The molecule has 0 bridgehead atoms. The van der Waals surface area contributed by atoms with Crippen LogP contribution in [0.3, 0.4) is 0 Å². The molecule has 18 nitrogen and oxygen atoms in total. The Bertz CT molecular complexity index is 2650. The highest BCUT2D eigenvalue weighted by molar-refractivity contribution is 7.56. The molecule has 2 aliphatic heterocycles. The Balaban J connectivity index is 1.20. The lowest BCUT2D eigenvalue weighted by atomic mass is 9.80. The molecular formula is C44H50N5O13P. The number of H-pyrrole nitrogens is 2. The molecule has 7 atom stereocenters. The summed E-state index contributed by atoms with van der Waals surface area (Å²) in [6.07, 6.45) is -1.66. The maximum absolute atomic E-state index is 14.5. The van der Waals surface area contributed by atoms with Gasteiger partial charge in [0.05, 0.1) is 33.5 Å². The lowest BCUT2D eigenvalue weighted by Crippen LogP contribution is -2.42. The number of aryl methyl sites for hydroxylation is 2. The van der Waals surface area contributed by atoms with Crippen molar-refractivity contribution >= 4 is 13.5 Å². The van der Waals surface area contributed by atoms with Gasteiger partial charge in [-0.15, -0.1) is 0 Å². The van der Waals surface area contributed by atoms with Gasteiger partial charge in [-0.2, -0.15) is 0 Å². The zero-order chi connectivity index (χ0) is 45.1. The summed E-state index contributed by atoms with van der Waals surface area (Å²) < 4.78 is 59.3. The maximum Gasteiger partial charge on any atom is 0.330 e. The molecule has 5 aromatic rings. The molecule has 0 saturated carbocycles. The van der Waals surface area contributed by atoms with Crippen molar-refractivity contribution in [2.75, 3.05) is 34.1 Å². The first-order valence-electron chi connectivity index (χ1n) is 20.2. The molecule has 3 aromatic carbocycles. The minimum absolute atomic E-state index is 0.0525. The average molecular weight is 888 g/mol. The van der Waals surface area contributed by atoms with E-state index in [0.29, 0.717) is 11.5 Å². The van der Waals surface area contributed by atoms with Crippen LogP contribution in [0.25, 0.3) is 0 Å². The van der Waals surface area contributed by atoms with E-state index in [1.54, 1.807) is 21.1 Å². The minimum Gasteiger partial charge on any atom is -0.497 e. The topological polar surface area (TPSA) is 220 Å². The average Bonchev–Trinajstić information content (AvgIpc) is 3.86. The SMILES string of the molecule is COc1ccc(C(OC[C@H]2O[C@@H](n3cc(C)c(=O)[nH]c3=O)C[C@@H]2NP(C)(=O)OC[C@H]2O[C@@H](n3cc(C)c(=O)[nH]c3=O)C[C@@H]2OC(C)=O)(c2ccccc2)c2ccc(OC)cc2)cc1. The smallest absolute Gasteiger partial charge is 0.330 e. The number of hydrogen-bond donors (Lipinski definition) is 3. The molecule has 0 amide bonds. The van der Waals surface area contributed by atoms with Gasteiger partial charge in [0.1, 0.15) is 41.8 Å². The van der Waals surface area contributed by atoms with E-state index < -0.39 is 78.4 Å². The second kappa shape index (κ2) is 18.8. The lowest BCUT2D eigenvalue weighted by Gasteiger charge is -2.37. The summed E-state index contributed by atoms with van der Waals surface area (Å²) in [6, 6.07) is 23.8. The highest BCUT2D eigenvalue weighted by Crippen LogP contribution is 2.46. The number of ether oxygens (including phenoxy) is 6. The van der Waals surface area contributed by atoms with Crippen LogP contribution in [0.2, 0.25) is 0 Å². The summed E-state index contributed by atoms with van der Waals surface area (Å²) in [5.41, 5.74) is -0.881. The second-order valence-corrected chi connectivity index (χ2v) is 17.7. The van der Waals surface area contributed by atoms with Crippen molar-refractivity contribution in [3.05, 3.63) is 161 Å². The van der Waals surface area contributed by atoms with Crippen LogP contribution in [0, 0.1) is 13.8 Å². The van der Waals surface area contributed by atoms with Gasteiger partial charge in [0.15, 0.2) is 0 Å². The van der Waals surface area contributed by atoms with Gasteiger partial charge in [-0.25, -0.2) is 14.7 Å². The summed E-state index contributed by atoms with van der Waals surface area (Å²) >= 11 is 0. The molecule has 63 heavy (non-hydrogen) atoms. The van der Waals surface area contributed by atoms with Crippen LogP contribution in [-0.4, -0.2) is 83.5 Å². The third kappa shape index (κ3) is 9.86. The molecule has 0 aliphatic carbocycles. The van der Waals surface area contributed by atoms with E-state index in [0.717, 1.165) is 16.7 Å². The van der Waals surface area contributed by atoms with Crippen LogP contribution in [0.4, 0.5) is 0 Å². The van der Waals surface area contributed by atoms with E-state index in [9.17, 15) is 28.5 Å². The Labute approximate surface area is 361 Å². The van der Waals surface area contributed by atoms with Crippen LogP contribution in [0.1, 0.15) is 60.0 Å². The summed E-state index contributed by atoms with van der Waals surface area (Å²) in [5.74, 6) is 0.679. The molecule has 7 rings (SSSR count). The number of aromatic nitrogens is 4. The number of aromatic amines is 2.